The van der Waals surface area contributed by atoms with E-state index >= 15 is 0 Å². The van der Waals surface area contributed by atoms with Gasteiger partial charge in [-0.3, -0.25) is 9.10 Å². The smallest absolute Gasteiger partial charge is 0.263 e. The van der Waals surface area contributed by atoms with Crippen molar-refractivity contribution in [2.24, 2.45) is 0 Å². The van der Waals surface area contributed by atoms with Crippen LogP contribution in [0.2, 0.25) is 5.02 Å². The molecule has 1 amide bonds. The Labute approximate surface area is 177 Å². The summed E-state index contributed by atoms with van der Waals surface area (Å²) < 4.78 is 36.3. The molecule has 0 aliphatic carbocycles. The van der Waals surface area contributed by atoms with E-state index in [1.807, 2.05) is 0 Å². The van der Waals surface area contributed by atoms with E-state index in [0.29, 0.717) is 22.3 Å². The maximum atomic E-state index is 12.6. The van der Waals surface area contributed by atoms with Crippen LogP contribution in [0.3, 0.4) is 0 Å². The fourth-order valence-electron chi connectivity index (χ4n) is 2.97. The van der Waals surface area contributed by atoms with Gasteiger partial charge in [-0.15, -0.1) is 0 Å². The summed E-state index contributed by atoms with van der Waals surface area (Å²) >= 11 is 5.87. The molecular formula is C19H17ClN4O5S. The van der Waals surface area contributed by atoms with Crippen LogP contribution in [0.1, 0.15) is 5.89 Å². The van der Waals surface area contributed by atoms with Crippen molar-refractivity contribution in [3.8, 4) is 17.1 Å². The predicted molar refractivity (Wildman–Crippen MR) is 110 cm³/mol. The predicted octanol–water partition coefficient (Wildman–Crippen LogP) is 2.23. The second kappa shape index (κ2) is 7.96. The van der Waals surface area contributed by atoms with E-state index in [4.69, 9.17) is 20.9 Å². The van der Waals surface area contributed by atoms with E-state index in [1.165, 1.54) is 0 Å². The van der Waals surface area contributed by atoms with Gasteiger partial charge >= 0.3 is 0 Å². The van der Waals surface area contributed by atoms with Crippen LogP contribution in [0.25, 0.3) is 11.4 Å². The summed E-state index contributed by atoms with van der Waals surface area (Å²) in [5.41, 5.74) is 1.12. The van der Waals surface area contributed by atoms with Crippen molar-refractivity contribution in [2.45, 2.75) is 12.6 Å². The number of nitrogens with one attached hydrogen (secondary N) is 1. The Morgan fingerprint density at radius 3 is 2.70 bits per heavy atom. The van der Waals surface area contributed by atoms with Gasteiger partial charge in [0.05, 0.1) is 25.0 Å². The summed E-state index contributed by atoms with van der Waals surface area (Å²) in [5, 5.41) is 7.11. The molecule has 2 aromatic carbocycles. The molecule has 0 radical (unpaired) electrons. The number of aromatic nitrogens is 2. The van der Waals surface area contributed by atoms with Crippen LogP contribution in [0, 0.1) is 0 Å². The molecule has 3 aromatic rings. The van der Waals surface area contributed by atoms with Crippen LogP contribution in [0.4, 0.5) is 5.69 Å². The molecule has 0 spiro atoms. The summed E-state index contributed by atoms with van der Waals surface area (Å²) in [5.74, 6) is 0.382. The molecule has 0 bridgehead atoms. The van der Waals surface area contributed by atoms with Crippen molar-refractivity contribution in [3.05, 3.63) is 59.4 Å². The van der Waals surface area contributed by atoms with Gasteiger partial charge in [-0.1, -0.05) is 28.9 Å². The number of fused-ring (bicyclic) bond motifs is 1. The third-order valence-corrected chi connectivity index (χ3v) is 5.81. The third-order valence-electron chi connectivity index (χ3n) is 4.41. The summed E-state index contributed by atoms with van der Waals surface area (Å²) in [6.45, 7) is -0.165. The molecule has 0 unspecified atom stereocenters. The van der Waals surface area contributed by atoms with Gasteiger partial charge in [0.25, 0.3) is 5.91 Å². The lowest BCUT2D eigenvalue weighted by atomic mass is 10.2. The highest BCUT2D eigenvalue weighted by molar-refractivity contribution is 7.92. The number of halogens is 1. The number of carbonyl (C=O) groups excluding carboxylic acids is 1. The first-order valence-electron chi connectivity index (χ1n) is 8.91. The maximum absolute atomic E-state index is 12.6. The molecule has 4 rings (SSSR count). The molecule has 9 nitrogen and oxygen atoms in total. The normalized spacial score (nSPS) is 15.9. The monoisotopic (exact) mass is 448 g/mol. The first kappa shape index (κ1) is 20.2. The first-order valence-corrected chi connectivity index (χ1v) is 11.1. The van der Waals surface area contributed by atoms with E-state index in [-0.39, 0.29) is 19.0 Å². The molecule has 1 aromatic heterocycles. The molecule has 1 atom stereocenters. The van der Waals surface area contributed by atoms with Gasteiger partial charge in [-0.25, -0.2) is 8.42 Å². The van der Waals surface area contributed by atoms with Crippen LogP contribution >= 0.6 is 11.6 Å². The van der Waals surface area contributed by atoms with Crippen LogP contribution in [0.15, 0.2) is 53.1 Å². The van der Waals surface area contributed by atoms with Crippen molar-refractivity contribution in [1.29, 1.82) is 0 Å². The van der Waals surface area contributed by atoms with Gasteiger partial charge in [-0.2, -0.15) is 4.98 Å². The molecule has 0 saturated carbocycles. The summed E-state index contributed by atoms with van der Waals surface area (Å²) in [7, 11) is -3.58. The van der Waals surface area contributed by atoms with Crippen molar-refractivity contribution >= 4 is 33.2 Å². The van der Waals surface area contributed by atoms with Gasteiger partial charge < -0.3 is 14.6 Å². The molecule has 0 saturated heterocycles. The topological polar surface area (TPSA) is 115 Å². The zero-order chi connectivity index (χ0) is 21.3. The fraction of sp³-hybridized carbons (Fsp3) is 0.211. The number of sulfonamides is 1. The average Bonchev–Trinajstić information content (AvgIpc) is 3.20. The Hall–Kier alpha value is -3.11. The average molecular weight is 449 g/mol. The lowest BCUT2D eigenvalue weighted by molar-refractivity contribution is -0.128. The zero-order valence-corrected chi connectivity index (χ0v) is 17.4. The minimum atomic E-state index is -3.58. The molecular weight excluding hydrogens is 432 g/mol. The van der Waals surface area contributed by atoms with Crippen molar-refractivity contribution in [1.82, 2.24) is 15.5 Å². The molecule has 1 N–H and O–H groups in total. The number of hydrogen-bond acceptors (Lipinski definition) is 7. The van der Waals surface area contributed by atoms with Crippen molar-refractivity contribution in [2.75, 3.05) is 17.1 Å². The first-order chi connectivity index (χ1) is 14.3. The second-order valence-electron chi connectivity index (χ2n) is 6.60. The number of carbonyl (C=O) groups is 1. The molecule has 1 aliphatic heterocycles. The summed E-state index contributed by atoms with van der Waals surface area (Å²) in [6.07, 6.45) is 0.0640. The number of benzene rings is 2. The highest BCUT2D eigenvalue weighted by Gasteiger charge is 2.34. The van der Waals surface area contributed by atoms with E-state index in [0.717, 1.165) is 16.1 Å². The van der Waals surface area contributed by atoms with Gasteiger partial charge in [0, 0.05) is 10.6 Å². The Morgan fingerprint density at radius 1 is 1.23 bits per heavy atom. The minimum Gasteiger partial charge on any atom is -0.476 e. The van der Waals surface area contributed by atoms with E-state index in [1.54, 1.807) is 48.5 Å². The molecule has 11 heteroatoms. The Balaban J connectivity index is 1.44. The van der Waals surface area contributed by atoms with Crippen LogP contribution in [-0.4, -0.2) is 43.4 Å². The Bertz CT molecular complexity index is 1180. The lowest BCUT2D eigenvalue weighted by Gasteiger charge is -2.33. The molecule has 1 aliphatic rings. The Morgan fingerprint density at radius 2 is 1.97 bits per heavy atom. The molecule has 30 heavy (non-hydrogen) atoms. The Kier molecular flexibility index (Phi) is 5.35. The minimum absolute atomic E-state index is 0.0280. The fourth-order valence-corrected chi connectivity index (χ4v) is 4.01. The van der Waals surface area contributed by atoms with E-state index in [2.05, 4.69) is 15.5 Å². The highest BCUT2D eigenvalue weighted by Crippen LogP contribution is 2.34. The van der Waals surface area contributed by atoms with Crippen molar-refractivity contribution < 1.29 is 22.5 Å². The quantitative estimate of drug-likeness (QED) is 0.636. The van der Waals surface area contributed by atoms with Gasteiger partial charge in [0.2, 0.25) is 21.7 Å². The summed E-state index contributed by atoms with van der Waals surface area (Å²) in [4.78, 5) is 16.8. The number of anilines is 1. The number of para-hydroxylation sites is 2. The second-order valence-corrected chi connectivity index (χ2v) is 8.95. The summed E-state index contributed by atoms with van der Waals surface area (Å²) in [6, 6.07) is 13.6. The largest absolute Gasteiger partial charge is 0.476 e. The number of amides is 1. The van der Waals surface area contributed by atoms with E-state index < -0.39 is 22.0 Å². The molecule has 156 valence electrons. The van der Waals surface area contributed by atoms with Gasteiger partial charge in [0.1, 0.15) is 5.75 Å². The maximum Gasteiger partial charge on any atom is 0.263 e. The molecule has 2 heterocycles. The SMILES string of the molecule is CS(=O)(=O)N1C[C@@H](C(=O)NCc2nc(-c3ccc(Cl)cc3)no2)Oc2ccccc21. The van der Waals surface area contributed by atoms with Gasteiger partial charge in [0.15, 0.2) is 6.10 Å². The van der Waals surface area contributed by atoms with Crippen LogP contribution < -0.4 is 14.4 Å². The number of rotatable bonds is 5. The van der Waals surface area contributed by atoms with Crippen LogP contribution in [-0.2, 0) is 21.4 Å². The van der Waals surface area contributed by atoms with Crippen molar-refractivity contribution in [3.63, 3.8) is 0 Å². The van der Waals surface area contributed by atoms with Gasteiger partial charge in [-0.05, 0) is 36.4 Å². The molecule has 0 fully saturated rings. The van der Waals surface area contributed by atoms with E-state index in [9.17, 15) is 13.2 Å². The number of hydrogen-bond donors (Lipinski definition) is 1. The zero-order valence-electron chi connectivity index (χ0n) is 15.8. The number of ether oxygens (including phenoxy) is 1. The lowest BCUT2D eigenvalue weighted by Crippen LogP contribution is -2.50. The highest BCUT2D eigenvalue weighted by atomic mass is 35.5. The third kappa shape index (κ3) is 4.24. The standard InChI is InChI=1S/C19H17ClN4O5S/c1-30(26,27)24-11-16(28-15-5-3-2-4-14(15)24)19(25)21-10-17-22-18(23-29-17)12-6-8-13(20)9-7-12/h2-9,16H,10-11H2,1H3,(H,21,25)/t16-/m0/s1. The number of nitrogens with zero attached hydrogens (tertiary/aromatic N) is 3. The van der Waals surface area contributed by atoms with Crippen LogP contribution in [0.5, 0.6) is 5.75 Å².